The van der Waals surface area contributed by atoms with E-state index in [9.17, 15) is 9.79 Å². The molecule has 0 saturated heterocycles. The van der Waals surface area contributed by atoms with Crippen LogP contribution >= 0.6 is 17.9 Å². The van der Waals surface area contributed by atoms with E-state index in [0.717, 1.165) is 11.5 Å². The molecule has 0 atom stereocenters. The third kappa shape index (κ3) is 13.0. The van der Waals surface area contributed by atoms with Gasteiger partial charge in [-0.3, -0.25) is 0 Å². The monoisotopic (exact) mass is 295 g/mol. The van der Waals surface area contributed by atoms with Gasteiger partial charge in [0, 0.05) is 0 Å². The number of hydrogen-bond donors (Lipinski definition) is 6. The maximum absolute atomic E-state index is 9.52. The average Bonchev–Trinajstić information content (AvgIpc) is 1.81. The van der Waals surface area contributed by atoms with Gasteiger partial charge in [-0.2, -0.15) is 0 Å². The van der Waals surface area contributed by atoms with Gasteiger partial charge in [-0.1, -0.05) is 39.9 Å². The van der Waals surface area contributed by atoms with E-state index < -0.39 is 5.69 Å². The Morgan fingerprint density at radius 3 is 1.31 bits per heavy atom. The van der Waals surface area contributed by atoms with E-state index in [1.54, 1.807) is 0 Å². The van der Waals surface area contributed by atoms with Gasteiger partial charge in [0.2, 0.25) is 0 Å². The number of hydrogen-bond acceptors (Lipinski definition) is 3. The molecule has 5 nitrogen and oxygen atoms in total. The molecule has 0 saturated carbocycles. The van der Waals surface area contributed by atoms with Crippen molar-refractivity contribution in [1.82, 2.24) is 18.5 Å². The molecule has 0 aromatic carbocycles. The first kappa shape index (κ1) is 25.7. The first-order chi connectivity index (χ1) is 5.73. The van der Waals surface area contributed by atoms with Gasteiger partial charge in [-0.25, -0.2) is 0 Å². The van der Waals surface area contributed by atoms with Crippen molar-refractivity contribution >= 4 is 28.0 Å². The summed E-state index contributed by atoms with van der Waals surface area (Å²) in [6.45, 7) is 8.40. The highest BCUT2D eigenvalue weighted by Gasteiger charge is 2.13. The molecule has 0 aliphatic carbocycles. The minimum absolute atomic E-state index is 0. The summed E-state index contributed by atoms with van der Waals surface area (Å²) in [4.78, 5) is 19.0. The smallest absolute Gasteiger partial charge is 0.198 e. The lowest BCUT2D eigenvalue weighted by Crippen LogP contribution is -2.12. The minimum Gasteiger partial charge on any atom is -0.344 e. The van der Waals surface area contributed by atoms with Crippen LogP contribution in [0, 0.1) is 11.8 Å². The van der Waals surface area contributed by atoms with Gasteiger partial charge >= 0.3 is 0 Å². The Hall–Kier alpha value is 0.930. The fourth-order valence-corrected chi connectivity index (χ4v) is 7.30. The third-order valence-corrected chi connectivity index (χ3v) is 9.24. The number of rotatable bonds is 4. The predicted octanol–water partition coefficient (Wildman–Crippen LogP) is 2.99. The van der Waals surface area contributed by atoms with E-state index in [-0.39, 0.29) is 28.5 Å². The van der Waals surface area contributed by atoms with Crippen molar-refractivity contribution in [1.29, 1.82) is 0 Å². The summed E-state index contributed by atoms with van der Waals surface area (Å²) in [6.07, 6.45) is 0. The molecule has 11 N–H and O–H groups in total. The van der Waals surface area contributed by atoms with Crippen molar-refractivity contribution < 1.29 is 9.79 Å². The minimum atomic E-state index is -2.91. The lowest BCUT2D eigenvalue weighted by molar-refractivity contribution is 0.501. The first-order valence-electron chi connectivity index (χ1n) is 4.49. The zero-order valence-corrected chi connectivity index (χ0v) is 13.5. The average molecular weight is 295 g/mol. The normalized spacial score (nSPS) is 10.9. The summed E-state index contributed by atoms with van der Waals surface area (Å²) in [6, 6.07) is 0. The van der Waals surface area contributed by atoms with Crippen LogP contribution in [-0.4, -0.2) is 21.3 Å². The van der Waals surface area contributed by atoms with E-state index in [1.165, 1.54) is 0 Å². The standard InChI is InChI=1S/C8H21O2PS2.3H3N/c1-7(2)5-13(6-8(3)4)11(9,10)12;;;/h7-10,12H,5-6H2,1-4H3;3*1H3. The van der Waals surface area contributed by atoms with Crippen molar-refractivity contribution in [3.05, 3.63) is 0 Å². The Morgan fingerprint density at radius 2 is 1.19 bits per heavy atom. The second-order valence-corrected chi connectivity index (χ2v) is 12.3. The molecular formula is C8H30N3O2PS2. The zero-order valence-electron chi connectivity index (χ0n) is 10.9. The molecule has 0 bridgehead atoms. The molecule has 0 heterocycles. The second kappa shape index (κ2) is 11.0. The fraction of sp³-hybridized carbons (Fsp3) is 1.00. The largest absolute Gasteiger partial charge is 0.344 e. The molecule has 0 aliphatic rings. The molecule has 0 rings (SSSR count). The van der Waals surface area contributed by atoms with Crippen LogP contribution in [0.2, 0.25) is 0 Å². The van der Waals surface area contributed by atoms with Crippen molar-refractivity contribution in [3.8, 4) is 0 Å². The Kier molecular flexibility index (Phi) is 17.7. The summed E-state index contributed by atoms with van der Waals surface area (Å²) in [5.74, 6) is 2.77. The highest BCUT2D eigenvalue weighted by atomic mass is 32.9. The Morgan fingerprint density at radius 1 is 0.938 bits per heavy atom. The lowest BCUT2D eigenvalue weighted by Gasteiger charge is -2.19. The van der Waals surface area contributed by atoms with Crippen LogP contribution in [0.3, 0.4) is 0 Å². The van der Waals surface area contributed by atoms with Gasteiger partial charge in [0.25, 0.3) is 0 Å². The quantitative estimate of drug-likeness (QED) is 0.348. The van der Waals surface area contributed by atoms with Crippen molar-refractivity contribution in [2.45, 2.75) is 27.7 Å². The molecule has 0 aromatic rings. The van der Waals surface area contributed by atoms with Crippen LogP contribution in [0.15, 0.2) is 0 Å². The molecule has 0 spiro atoms. The van der Waals surface area contributed by atoms with Gasteiger partial charge in [0.05, 0.1) is 0 Å². The number of thiol groups is 1. The highest BCUT2D eigenvalue weighted by molar-refractivity contribution is 8.65. The SMILES string of the molecule is CC(C)CS(CC(C)C)=P(O)(O)S.N.N.N. The Balaban J connectivity index is -0.000000240. The van der Waals surface area contributed by atoms with Crippen LogP contribution in [0.1, 0.15) is 27.7 Å². The molecular weight excluding hydrogens is 265 g/mol. The second-order valence-electron chi connectivity index (χ2n) is 4.10. The van der Waals surface area contributed by atoms with Crippen LogP contribution in [0.25, 0.3) is 0 Å². The van der Waals surface area contributed by atoms with Gasteiger partial charge in [0.15, 0.2) is 5.69 Å². The zero-order chi connectivity index (χ0) is 10.6. The van der Waals surface area contributed by atoms with E-state index in [2.05, 4.69) is 39.9 Å². The van der Waals surface area contributed by atoms with Crippen molar-refractivity contribution in [3.63, 3.8) is 0 Å². The molecule has 0 unspecified atom stereocenters. The van der Waals surface area contributed by atoms with Gasteiger partial charge in [0.1, 0.15) is 0 Å². The van der Waals surface area contributed by atoms with Crippen LogP contribution in [-0.2, 0) is 10.1 Å². The van der Waals surface area contributed by atoms with E-state index >= 15 is 0 Å². The summed E-state index contributed by atoms with van der Waals surface area (Å²) in [5, 5.41) is 0. The topological polar surface area (TPSA) is 145 Å². The van der Waals surface area contributed by atoms with Crippen LogP contribution in [0.4, 0.5) is 0 Å². The van der Waals surface area contributed by atoms with Gasteiger partial charge < -0.3 is 28.2 Å². The lowest BCUT2D eigenvalue weighted by atomic mass is 10.3. The van der Waals surface area contributed by atoms with E-state index in [4.69, 9.17) is 0 Å². The summed E-state index contributed by atoms with van der Waals surface area (Å²) in [7, 11) is -0.316. The third-order valence-electron chi connectivity index (χ3n) is 1.40. The molecule has 0 radical (unpaired) electrons. The Labute approximate surface area is 107 Å². The van der Waals surface area contributed by atoms with Crippen LogP contribution in [0.5, 0.6) is 0 Å². The van der Waals surface area contributed by atoms with Crippen LogP contribution < -0.4 is 18.5 Å². The van der Waals surface area contributed by atoms with Crippen molar-refractivity contribution in [2.24, 2.45) is 11.8 Å². The maximum Gasteiger partial charge on any atom is 0.198 e. The highest BCUT2D eigenvalue weighted by Crippen LogP contribution is 2.47. The van der Waals surface area contributed by atoms with E-state index in [1.807, 2.05) is 0 Å². The fourth-order valence-electron chi connectivity index (χ4n) is 1.04. The van der Waals surface area contributed by atoms with E-state index in [0.29, 0.717) is 11.8 Å². The molecule has 0 aromatic heterocycles. The van der Waals surface area contributed by atoms with Gasteiger partial charge in [-0.05, 0) is 23.3 Å². The van der Waals surface area contributed by atoms with Gasteiger partial charge in [-0.15, -0.1) is 10.1 Å². The molecule has 16 heavy (non-hydrogen) atoms. The Bertz CT molecular complexity index is 199. The molecule has 0 aliphatic heterocycles. The summed E-state index contributed by atoms with van der Waals surface area (Å²) in [5.41, 5.74) is -2.91. The summed E-state index contributed by atoms with van der Waals surface area (Å²) >= 11 is 3.93. The van der Waals surface area contributed by atoms with Crippen molar-refractivity contribution in [2.75, 3.05) is 11.5 Å². The molecule has 0 amide bonds. The predicted molar refractivity (Wildman–Crippen MR) is 82.2 cm³/mol. The first-order valence-corrected chi connectivity index (χ1v) is 9.50. The maximum atomic E-state index is 9.52. The molecule has 0 fully saturated rings. The molecule has 8 heteroatoms. The molecule has 106 valence electrons. The summed E-state index contributed by atoms with van der Waals surface area (Å²) < 4.78 is 0.